The van der Waals surface area contributed by atoms with Gasteiger partial charge in [-0.25, -0.2) is 10.2 Å². The zero-order valence-electron chi connectivity index (χ0n) is 21.0. The van der Waals surface area contributed by atoms with Crippen LogP contribution in [0.15, 0.2) is 84.0 Å². The van der Waals surface area contributed by atoms with E-state index in [2.05, 4.69) is 10.5 Å². The Bertz CT molecular complexity index is 1460. The molecule has 0 bridgehead atoms. The SMILES string of the molecule is CCOc1cc(/C=N\NC(=O)COc2ccc(C)cc2C)ccc1OC(=O)c1cccc2ccccc12. The Morgan fingerprint density at radius 3 is 2.46 bits per heavy atom. The maximum Gasteiger partial charge on any atom is 0.344 e. The summed E-state index contributed by atoms with van der Waals surface area (Å²) in [5.41, 5.74) is 5.66. The minimum Gasteiger partial charge on any atom is -0.490 e. The summed E-state index contributed by atoms with van der Waals surface area (Å²) in [5, 5.41) is 5.76. The van der Waals surface area contributed by atoms with Crippen LogP contribution in [0, 0.1) is 13.8 Å². The van der Waals surface area contributed by atoms with Gasteiger partial charge in [0.05, 0.1) is 18.4 Å². The van der Waals surface area contributed by atoms with E-state index in [-0.39, 0.29) is 12.5 Å². The van der Waals surface area contributed by atoms with Gasteiger partial charge in [-0.2, -0.15) is 5.10 Å². The van der Waals surface area contributed by atoms with Gasteiger partial charge in [-0.1, -0.05) is 54.1 Å². The molecular formula is C30H28N2O5. The molecule has 7 nitrogen and oxygen atoms in total. The van der Waals surface area contributed by atoms with Crippen LogP contribution in [0.5, 0.6) is 17.2 Å². The third-order valence-corrected chi connectivity index (χ3v) is 5.57. The molecule has 0 aliphatic carbocycles. The Morgan fingerprint density at radius 2 is 1.65 bits per heavy atom. The quantitative estimate of drug-likeness (QED) is 0.141. The van der Waals surface area contributed by atoms with Crippen LogP contribution in [-0.2, 0) is 4.79 Å². The maximum atomic E-state index is 13.0. The van der Waals surface area contributed by atoms with E-state index < -0.39 is 5.97 Å². The second-order valence-electron chi connectivity index (χ2n) is 8.41. The number of hydrazone groups is 1. The molecule has 0 aliphatic heterocycles. The molecule has 4 aromatic rings. The number of benzene rings is 4. The highest BCUT2D eigenvalue weighted by Crippen LogP contribution is 2.30. The van der Waals surface area contributed by atoms with E-state index in [1.807, 2.05) is 75.4 Å². The van der Waals surface area contributed by atoms with Gasteiger partial charge in [0.15, 0.2) is 18.1 Å². The number of fused-ring (bicyclic) bond motifs is 1. The van der Waals surface area contributed by atoms with E-state index in [0.29, 0.717) is 35.0 Å². The van der Waals surface area contributed by atoms with Crippen molar-refractivity contribution in [3.8, 4) is 17.2 Å². The average Bonchev–Trinajstić information content (AvgIpc) is 2.89. The summed E-state index contributed by atoms with van der Waals surface area (Å²) in [7, 11) is 0. The van der Waals surface area contributed by atoms with E-state index in [1.54, 1.807) is 24.3 Å². The highest BCUT2D eigenvalue weighted by Gasteiger charge is 2.15. The van der Waals surface area contributed by atoms with Gasteiger partial charge in [0.2, 0.25) is 0 Å². The van der Waals surface area contributed by atoms with Gasteiger partial charge < -0.3 is 14.2 Å². The number of rotatable bonds is 9. The largest absolute Gasteiger partial charge is 0.490 e. The van der Waals surface area contributed by atoms with Crippen molar-refractivity contribution in [3.05, 3.63) is 101 Å². The van der Waals surface area contributed by atoms with E-state index in [1.165, 1.54) is 6.21 Å². The Kier molecular flexibility index (Phi) is 8.15. The fourth-order valence-corrected chi connectivity index (χ4v) is 3.83. The number of esters is 1. The molecular weight excluding hydrogens is 468 g/mol. The van der Waals surface area contributed by atoms with Crippen molar-refractivity contribution >= 4 is 28.9 Å². The third kappa shape index (κ3) is 6.52. The Balaban J connectivity index is 1.40. The third-order valence-electron chi connectivity index (χ3n) is 5.57. The van der Waals surface area contributed by atoms with Crippen molar-refractivity contribution in [1.29, 1.82) is 0 Å². The van der Waals surface area contributed by atoms with Crippen LogP contribution in [0.4, 0.5) is 0 Å². The molecule has 0 aliphatic rings. The van der Waals surface area contributed by atoms with Gasteiger partial charge in [0.1, 0.15) is 5.75 Å². The lowest BCUT2D eigenvalue weighted by atomic mass is 10.0. The summed E-state index contributed by atoms with van der Waals surface area (Å²) in [6.07, 6.45) is 1.48. The van der Waals surface area contributed by atoms with E-state index in [9.17, 15) is 9.59 Å². The molecule has 4 rings (SSSR count). The first-order chi connectivity index (χ1) is 17.9. The average molecular weight is 497 g/mol. The number of amides is 1. The topological polar surface area (TPSA) is 86.2 Å². The second kappa shape index (κ2) is 11.9. The molecule has 0 saturated carbocycles. The predicted molar refractivity (Wildman–Crippen MR) is 144 cm³/mol. The van der Waals surface area contributed by atoms with Crippen LogP contribution in [0.2, 0.25) is 0 Å². The summed E-state index contributed by atoms with van der Waals surface area (Å²) < 4.78 is 16.9. The monoisotopic (exact) mass is 496 g/mol. The number of nitrogens with zero attached hydrogens (tertiary/aromatic N) is 1. The number of aryl methyl sites for hydroxylation is 2. The predicted octanol–water partition coefficient (Wildman–Crippen LogP) is 5.60. The lowest BCUT2D eigenvalue weighted by Crippen LogP contribution is -2.24. The highest BCUT2D eigenvalue weighted by atomic mass is 16.6. The molecule has 0 unspecified atom stereocenters. The van der Waals surface area contributed by atoms with Gasteiger partial charge in [-0.15, -0.1) is 0 Å². The number of carbonyl (C=O) groups is 2. The second-order valence-corrected chi connectivity index (χ2v) is 8.41. The number of hydrogen-bond donors (Lipinski definition) is 1. The number of ether oxygens (including phenoxy) is 3. The fraction of sp³-hybridized carbons (Fsp3) is 0.167. The summed E-state index contributed by atoms with van der Waals surface area (Å²) in [6.45, 7) is 5.99. The van der Waals surface area contributed by atoms with Crippen LogP contribution in [0.1, 0.15) is 34.0 Å². The van der Waals surface area contributed by atoms with Gasteiger partial charge in [0, 0.05) is 0 Å². The van der Waals surface area contributed by atoms with Crippen LogP contribution in [0.3, 0.4) is 0 Å². The lowest BCUT2D eigenvalue weighted by Gasteiger charge is -2.12. The number of carbonyl (C=O) groups excluding carboxylic acids is 2. The summed E-state index contributed by atoms with van der Waals surface area (Å²) >= 11 is 0. The minimum atomic E-state index is -0.477. The lowest BCUT2D eigenvalue weighted by molar-refractivity contribution is -0.123. The zero-order valence-corrected chi connectivity index (χ0v) is 21.0. The summed E-state index contributed by atoms with van der Waals surface area (Å²) in [6, 6.07) is 23.9. The van der Waals surface area contributed by atoms with Crippen LogP contribution in [0.25, 0.3) is 10.8 Å². The van der Waals surface area contributed by atoms with Crippen molar-refractivity contribution in [3.63, 3.8) is 0 Å². The molecule has 7 heteroatoms. The first-order valence-electron chi connectivity index (χ1n) is 11.9. The summed E-state index contributed by atoms with van der Waals surface area (Å²) in [5.74, 6) is 0.476. The molecule has 0 aromatic heterocycles. The van der Waals surface area contributed by atoms with Crippen LogP contribution >= 0.6 is 0 Å². The molecule has 1 N–H and O–H groups in total. The van der Waals surface area contributed by atoms with Gasteiger partial charge in [-0.3, -0.25) is 4.79 Å². The molecule has 0 radical (unpaired) electrons. The Labute approximate surface area is 215 Å². The first-order valence-corrected chi connectivity index (χ1v) is 11.9. The van der Waals surface area contributed by atoms with Crippen molar-refractivity contribution in [1.82, 2.24) is 5.43 Å². The molecule has 0 atom stereocenters. The van der Waals surface area contributed by atoms with E-state index in [0.717, 1.165) is 21.9 Å². The van der Waals surface area contributed by atoms with Crippen LogP contribution in [-0.4, -0.2) is 31.3 Å². The molecule has 0 saturated heterocycles. The first kappa shape index (κ1) is 25.4. The maximum absolute atomic E-state index is 13.0. The molecule has 188 valence electrons. The highest BCUT2D eigenvalue weighted by molar-refractivity contribution is 6.05. The minimum absolute atomic E-state index is 0.158. The fourth-order valence-electron chi connectivity index (χ4n) is 3.83. The molecule has 0 spiro atoms. The Hall–Kier alpha value is -4.65. The molecule has 4 aromatic carbocycles. The van der Waals surface area contributed by atoms with Crippen LogP contribution < -0.4 is 19.6 Å². The number of nitrogens with one attached hydrogen (secondary N) is 1. The van der Waals surface area contributed by atoms with Crippen molar-refractivity contribution in [2.24, 2.45) is 5.10 Å². The van der Waals surface area contributed by atoms with Crippen molar-refractivity contribution in [2.75, 3.05) is 13.2 Å². The Morgan fingerprint density at radius 1 is 0.865 bits per heavy atom. The molecule has 0 heterocycles. The van der Waals surface area contributed by atoms with Crippen molar-refractivity contribution in [2.45, 2.75) is 20.8 Å². The normalized spacial score (nSPS) is 10.9. The van der Waals surface area contributed by atoms with Gasteiger partial charge >= 0.3 is 5.97 Å². The number of hydrogen-bond acceptors (Lipinski definition) is 6. The molecule has 37 heavy (non-hydrogen) atoms. The smallest absolute Gasteiger partial charge is 0.344 e. The van der Waals surface area contributed by atoms with E-state index in [4.69, 9.17) is 14.2 Å². The standard InChI is InChI=1S/C30H28N2O5/c1-4-35-28-17-22(18-31-32-29(33)19-36-26-14-12-20(2)16-21(26)3)13-15-27(28)37-30(34)25-11-7-9-23-8-5-6-10-24(23)25/h5-18H,4,19H2,1-3H3,(H,32,33)/b31-18-. The molecule has 0 fully saturated rings. The molecule has 1 amide bonds. The van der Waals surface area contributed by atoms with Gasteiger partial charge in [-0.05, 0) is 73.0 Å². The zero-order chi connectivity index (χ0) is 26.2. The summed E-state index contributed by atoms with van der Waals surface area (Å²) in [4.78, 5) is 25.1. The van der Waals surface area contributed by atoms with Gasteiger partial charge in [0.25, 0.3) is 5.91 Å². The van der Waals surface area contributed by atoms with E-state index >= 15 is 0 Å². The van der Waals surface area contributed by atoms with Crippen molar-refractivity contribution < 1.29 is 23.8 Å².